The second-order valence-corrected chi connectivity index (χ2v) is 8.67. The van der Waals surface area contributed by atoms with Crippen LogP contribution in [-0.2, 0) is 0 Å². The number of unbranched alkanes of at least 4 members (excludes halogenated alkanes) is 19. The summed E-state index contributed by atoms with van der Waals surface area (Å²) in [5, 5.41) is 0. The molecule has 0 aliphatic heterocycles. The van der Waals surface area contributed by atoms with E-state index in [1.54, 1.807) is 4.90 Å². The number of hydrogen-bond acceptors (Lipinski definition) is 0. The maximum atomic E-state index is 2.30. The summed E-state index contributed by atoms with van der Waals surface area (Å²) in [5.41, 5.74) is 0. The molecular weight excluding hydrogens is 382 g/mol. The SMILES string of the molecule is CCCCCCCCCCCCCCCCCCCCCC[NH+](C)C.[Br-]. The Kier molecular flexibility index (Phi) is 28.0. The fourth-order valence-electron chi connectivity index (χ4n) is 3.73. The number of hydrogen-bond donors (Lipinski definition) is 1. The molecule has 0 aromatic carbocycles. The van der Waals surface area contributed by atoms with Gasteiger partial charge in [-0.3, -0.25) is 0 Å². The maximum absolute atomic E-state index is 2.30. The molecule has 0 atom stereocenters. The predicted octanol–water partition coefficient (Wildman–Crippen LogP) is 3.96. The maximum Gasteiger partial charge on any atom is 0.0766 e. The molecule has 0 aliphatic rings. The monoisotopic (exact) mass is 433 g/mol. The summed E-state index contributed by atoms with van der Waals surface area (Å²) in [4.78, 5) is 1.60. The zero-order valence-electron chi connectivity index (χ0n) is 18.7. The lowest BCUT2D eigenvalue weighted by Gasteiger charge is -2.06. The minimum atomic E-state index is 0. The smallest absolute Gasteiger partial charge is 0.0766 e. The molecule has 0 spiro atoms. The average molecular weight is 435 g/mol. The molecule has 2 heteroatoms. The second kappa shape index (κ2) is 25.4. The molecule has 0 rings (SSSR count). The van der Waals surface area contributed by atoms with Gasteiger partial charge in [0.2, 0.25) is 0 Å². The highest BCUT2D eigenvalue weighted by atomic mass is 79.9. The summed E-state index contributed by atoms with van der Waals surface area (Å²) < 4.78 is 0. The molecule has 0 saturated heterocycles. The number of nitrogens with one attached hydrogen (secondary N) is 1. The van der Waals surface area contributed by atoms with Crippen molar-refractivity contribution >= 4 is 0 Å². The highest BCUT2D eigenvalue weighted by Gasteiger charge is 1.96. The van der Waals surface area contributed by atoms with E-state index in [-0.39, 0.29) is 17.0 Å². The van der Waals surface area contributed by atoms with Crippen molar-refractivity contribution in [3.05, 3.63) is 0 Å². The number of halogens is 1. The van der Waals surface area contributed by atoms with E-state index in [1.165, 1.54) is 135 Å². The van der Waals surface area contributed by atoms with Crippen LogP contribution in [0.3, 0.4) is 0 Å². The van der Waals surface area contributed by atoms with Crippen molar-refractivity contribution in [1.29, 1.82) is 0 Å². The van der Waals surface area contributed by atoms with Crippen LogP contribution in [0.2, 0.25) is 0 Å². The lowest BCUT2D eigenvalue weighted by atomic mass is 10.0. The van der Waals surface area contributed by atoms with E-state index >= 15 is 0 Å². The molecule has 0 amide bonds. The van der Waals surface area contributed by atoms with Crippen LogP contribution in [0.5, 0.6) is 0 Å². The fourth-order valence-corrected chi connectivity index (χ4v) is 3.73. The summed E-state index contributed by atoms with van der Waals surface area (Å²) in [7, 11) is 4.52. The number of rotatable bonds is 21. The second-order valence-electron chi connectivity index (χ2n) is 8.67. The van der Waals surface area contributed by atoms with Crippen LogP contribution in [-0.4, -0.2) is 20.6 Å². The Morgan fingerprint density at radius 3 is 0.846 bits per heavy atom. The molecule has 0 aromatic rings. The van der Waals surface area contributed by atoms with Crippen molar-refractivity contribution in [2.45, 2.75) is 135 Å². The standard InChI is InChI=1S/C24H51N.BrH/c1-4-5-6-7-8-9-10-11-12-13-14-15-16-17-18-19-20-21-22-23-24-25(2)3;/h4-24H2,1-3H3;1H. The summed E-state index contributed by atoms with van der Waals surface area (Å²) in [6.45, 7) is 3.65. The van der Waals surface area contributed by atoms with Gasteiger partial charge in [-0.05, 0) is 12.8 Å². The summed E-state index contributed by atoms with van der Waals surface area (Å²) in [5.74, 6) is 0. The van der Waals surface area contributed by atoms with E-state index in [2.05, 4.69) is 21.0 Å². The lowest BCUT2D eigenvalue weighted by molar-refractivity contribution is -0.858. The Labute approximate surface area is 177 Å². The van der Waals surface area contributed by atoms with E-state index < -0.39 is 0 Å². The number of quaternary nitrogens is 1. The molecule has 0 fully saturated rings. The quantitative estimate of drug-likeness (QED) is 0.261. The first-order chi connectivity index (χ1) is 12.3. The van der Waals surface area contributed by atoms with E-state index in [0.29, 0.717) is 0 Å². The van der Waals surface area contributed by atoms with Crippen molar-refractivity contribution < 1.29 is 21.9 Å². The topological polar surface area (TPSA) is 4.44 Å². The fraction of sp³-hybridized carbons (Fsp3) is 1.00. The Balaban J connectivity index is 0. The van der Waals surface area contributed by atoms with E-state index in [4.69, 9.17) is 0 Å². The minimum Gasteiger partial charge on any atom is -1.00 e. The van der Waals surface area contributed by atoms with Crippen molar-refractivity contribution in [3.63, 3.8) is 0 Å². The van der Waals surface area contributed by atoms with Gasteiger partial charge in [-0.1, -0.05) is 122 Å². The minimum absolute atomic E-state index is 0. The predicted molar refractivity (Wildman–Crippen MR) is 116 cm³/mol. The van der Waals surface area contributed by atoms with Crippen LogP contribution in [0.25, 0.3) is 0 Å². The van der Waals surface area contributed by atoms with Gasteiger partial charge in [0, 0.05) is 0 Å². The van der Waals surface area contributed by atoms with Crippen LogP contribution in [0, 0.1) is 0 Å². The van der Waals surface area contributed by atoms with Gasteiger partial charge in [0.15, 0.2) is 0 Å². The molecule has 0 heterocycles. The highest BCUT2D eigenvalue weighted by Crippen LogP contribution is 2.14. The molecule has 0 aliphatic carbocycles. The Morgan fingerprint density at radius 2 is 0.615 bits per heavy atom. The van der Waals surface area contributed by atoms with Crippen molar-refractivity contribution in [1.82, 2.24) is 0 Å². The molecule has 1 nitrogen and oxygen atoms in total. The Morgan fingerprint density at radius 1 is 0.385 bits per heavy atom. The van der Waals surface area contributed by atoms with Gasteiger partial charge in [0.25, 0.3) is 0 Å². The van der Waals surface area contributed by atoms with Crippen LogP contribution in [0.4, 0.5) is 0 Å². The summed E-state index contributed by atoms with van der Waals surface area (Å²) in [6, 6.07) is 0. The first-order valence-electron chi connectivity index (χ1n) is 12.1. The molecule has 160 valence electrons. The van der Waals surface area contributed by atoms with Gasteiger partial charge in [0.05, 0.1) is 20.6 Å². The van der Waals surface area contributed by atoms with Gasteiger partial charge in [0.1, 0.15) is 0 Å². The highest BCUT2D eigenvalue weighted by molar-refractivity contribution is 4.50. The Bertz CT molecular complexity index is 230. The lowest BCUT2D eigenvalue weighted by Crippen LogP contribution is -3.05. The van der Waals surface area contributed by atoms with Crippen LogP contribution >= 0.6 is 0 Å². The van der Waals surface area contributed by atoms with E-state index in [0.717, 1.165) is 0 Å². The summed E-state index contributed by atoms with van der Waals surface area (Å²) in [6.07, 6.45) is 29.4. The van der Waals surface area contributed by atoms with Crippen LogP contribution in [0.15, 0.2) is 0 Å². The van der Waals surface area contributed by atoms with Crippen molar-refractivity contribution in [2.75, 3.05) is 20.6 Å². The first-order valence-corrected chi connectivity index (χ1v) is 12.1. The third-order valence-electron chi connectivity index (χ3n) is 5.53. The van der Waals surface area contributed by atoms with Crippen molar-refractivity contribution in [2.24, 2.45) is 0 Å². The van der Waals surface area contributed by atoms with Gasteiger partial charge in [-0.2, -0.15) is 0 Å². The van der Waals surface area contributed by atoms with E-state index in [1.807, 2.05) is 0 Å². The van der Waals surface area contributed by atoms with Crippen LogP contribution in [0.1, 0.15) is 135 Å². The van der Waals surface area contributed by atoms with Crippen molar-refractivity contribution in [3.8, 4) is 0 Å². The molecule has 0 bridgehead atoms. The Hall–Kier alpha value is 0.440. The van der Waals surface area contributed by atoms with Gasteiger partial charge in [-0.25, -0.2) is 0 Å². The third kappa shape index (κ3) is 26.7. The van der Waals surface area contributed by atoms with Gasteiger partial charge < -0.3 is 21.9 Å². The molecule has 26 heavy (non-hydrogen) atoms. The first kappa shape index (κ1) is 28.6. The molecule has 0 saturated carbocycles. The molecule has 0 aromatic heterocycles. The largest absolute Gasteiger partial charge is 1.00 e. The zero-order chi connectivity index (χ0) is 18.4. The van der Waals surface area contributed by atoms with Gasteiger partial charge >= 0.3 is 0 Å². The van der Waals surface area contributed by atoms with Crippen LogP contribution < -0.4 is 21.9 Å². The normalized spacial score (nSPS) is 11.1. The molecule has 0 radical (unpaired) electrons. The van der Waals surface area contributed by atoms with E-state index in [9.17, 15) is 0 Å². The average Bonchev–Trinajstić information content (AvgIpc) is 2.60. The zero-order valence-corrected chi connectivity index (χ0v) is 20.3. The summed E-state index contributed by atoms with van der Waals surface area (Å²) >= 11 is 0. The van der Waals surface area contributed by atoms with Gasteiger partial charge in [-0.15, -0.1) is 0 Å². The molecule has 1 N–H and O–H groups in total. The molecular formula is C24H52BrN. The molecule has 0 unspecified atom stereocenters. The third-order valence-corrected chi connectivity index (χ3v) is 5.53.